The van der Waals surface area contributed by atoms with Gasteiger partial charge in [0.15, 0.2) is 0 Å². The van der Waals surface area contributed by atoms with Crippen LogP contribution in [0.4, 0.5) is 0 Å². The van der Waals surface area contributed by atoms with Crippen LogP contribution in [-0.2, 0) is 14.3 Å². The number of aliphatic carboxylic acids is 2. The summed E-state index contributed by atoms with van der Waals surface area (Å²) in [5, 5.41) is 17.7. The zero-order chi connectivity index (χ0) is 10.5. The summed E-state index contributed by atoms with van der Waals surface area (Å²) >= 11 is 0. The van der Waals surface area contributed by atoms with E-state index in [9.17, 15) is 9.59 Å². The summed E-state index contributed by atoms with van der Waals surface area (Å²) in [4.78, 5) is 21.6. The second-order valence-electron chi connectivity index (χ2n) is 3.29. The molecule has 2 N–H and O–H groups in total. The van der Waals surface area contributed by atoms with E-state index in [1.165, 1.54) is 0 Å². The number of fused-ring (bicyclic) bond motifs is 2. The smallest absolute Gasteiger partial charge is 0.335 e. The molecule has 2 bridgehead atoms. The van der Waals surface area contributed by atoms with Crippen LogP contribution in [0.5, 0.6) is 0 Å². The summed E-state index contributed by atoms with van der Waals surface area (Å²) in [5.41, 5.74) is 0.480. The van der Waals surface area contributed by atoms with Gasteiger partial charge in [-0.05, 0) is 18.6 Å². The van der Waals surface area contributed by atoms with Gasteiger partial charge in [0.2, 0.25) is 0 Å². The van der Waals surface area contributed by atoms with Gasteiger partial charge in [-0.15, -0.1) is 0 Å². The Morgan fingerprint density at radius 2 is 1.86 bits per heavy atom. The van der Waals surface area contributed by atoms with E-state index in [1.807, 2.05) is 0 Å². The predicted octanol–water partition coefficient (Wildman–Crippen LogP) is 0.179. The Morgan fingerprint density at radius 3 is 2.36 bits per heavy atom. The highest BCUT2D eigenvalue weighted by molar-refractivity contribution is 6.02. The van der Waals surface area contributed by atoms with Gasteiger partial charge in [0, 0.05) is 0 Å². The molecule has 2 rings (SSSR count). The minimum absolute atomic E-state index is 0.137. The molecule has 14 heavy (non-hydrogen) atoms. The molecule has 5 nitrogen and oxygen atoms in total. The van der Waals surface area contributed by atoms with Crippen molar-refractivity contribution in [2.75, 3.05) is 0 Å². The molecule has 0 amide bonds. The van der Waals surface area contributed by atoms with E-state index in [1.54, 1.807) is 13.0 Å². The highest BCUT2D eigenvalue weighted by atomic mass is 16.5. The highest BCUT2D eigenvalue weighted by Crippen LogP contribution is 2.38. The third kappa shape index (κ3) is 0.990. The fraction of sp³-hybridized carbons (Fsp3) is 0.333. The normalized spacial score (nSPS) is 29.4. The van der Waals surface area contributed by atoms with Crippen LogP contribution in [0, 0.1) is 0 Å². The van der Waals surface area contributed by atoms with E-state index >= 15 is 0 Å². The van der Waals surface area contributed by atoms with Gasteiger partial charge in [0.1, 0.15) is 12.2 Å². The number of carbonyl (C=O) groups is 2. The minimum atomic E-state index is -1.22. The van der Waals surface area contributed by atoms with Crippen molar-refractivity contribution in [1.29, 1.82) is 0 Å². The summed E-state index contributed by atoms with van der Waals surface area (Å²) in [6, 6.07) is 0. The number of hydrogen-bond acceptors (Lipinski definition) is 3. The predicted molar refractivity (Wildman–Crippen MR) is 44.7 cm³/mol. The Balaban J connectivity index is 2.50. The van der Waals surface area contributed by atoms with E-state index in [4.69, 9.17) is 14.9 Å². The zero-order valence-corrected chi connectivity index (χ0v) is 7.35. The van der Waals surface area contributed by atoms with Crippen molar-refractivity contribution in [3.05, 3.63) is 22.8 Å². The molecule has 2 aliphatic heterocycles. The second kappa shape index (κ2) is 2.68. The standard InChI is InChI=1S/C9H8O5/c1-3-2-4-5(8(10)11)6(9(12)13)7(3)14-4/h2,4,7H,1H3,(H,10,11)(H,12,13). The first-order valence-corrected chi connectivity index (χ1v) is 4.06. The molecule has 0 aromatic heterocycles. The lowest BCUT2D eigenvalue weighted by Gasteiger charge is -2.09. The van der Waals surface area contributed by atoms with Gasteiger partial charge in [0.05, 0.1) is 11.1 Å². The maximum atomic E-state index is 10.8. The van der Waals surface area contributed by atoms with E-state index in [2.05, 4.69) is 0 Å². The molecular weight excluding hydrogens is 188 g/mol. The van der Waals surface area contributed by atoms with E-state index in [-0.39, 0.29) is 11.1 Å². The minimum Gasteiger partial charge on any atom is -0.478 e. The van der Waals surface area contributed by atoms with Gasteiger partial charge in [-0.3, -0.25) is 0 Å². The number of hydrogen-bond donors (Lipinski definition) is 2. The van der Waals surface area contributed by atoms with E-state index in [0.717, 1.165) is 5.57 Å². The third-order valence-corrected chi connectivity index (χ3v) is 2.41. The molecule has 74 valence electrons. The number of carboxylic acids is 2. The van der Waals surface area contributed by atoms with Gasteiger partial charge in [-0.1, -0.05) is 0 Å². The summed E-state index contributed by atoms with van der Waals surface area (Å²) < 4.78 is 5.20. The van der Waals surface area contributed by atoms with Crippen molar-refractivity contribution in [1.82, 2.24) is 0 Å². The Bertz CT molecular complexity index is 390. The van der Waals surface area contributed by atoms with Gasteiger partial charge < -0.3 is 14.9 Å². The van der Waals surface area contributed by atoms with Gasteiger partial charge >= 0.3 is 11.9 Å². The molecule has 0 aliphatic carbocycles. The monoisotopic (exact) mass is 196 g/mol. The van der Waals surface area contributed by atoms with Gasteiger partial charge in [0.25, 0.3) is 0 Å². The first-order chi connectivity index (χ1) is 6.52. The fourth-order valence-electron chi connectivity index (χ4n) is 1.83. The fourth-order valence-corrected chi connectivity index (χ4v) is 1.83. The highest BCUT2D eigenvalue weighted by Gasteiger charge is 2.45. The van der Waals surface area contributed by atoms with Crippen molar-refractivity contribution in [3.63, 3.8) is 0 Å². The van der Waals surface area contributed by atoms with Crippen LogP contribution < -0.4 is 0 Å². The average Bonchev–Trinajstić information content (AvgIpc) is 2.58. The van der Waals surface area contributed by atoms with Crippen molar-refractivity contribution in [3.8, 4) is 0 Å². The summed E-state index contributed by atoms with van der Waals surface area (Å²) in [5.74, 6) is -2.44. The van der Waals surface area contributed by atoms with Gasteiger partial charge in [-0.25, -0.2) is 9.59 Å². The molecule has 0 spiro atoms. The molecule has 0 saturated carbocycles. The van der Waals surface area contributed by atoms with Crippen LogP contribution >= 0.6 is 0 Å². The van der Waals surface area contributed by atoms with Crippen LogP contribution in [0.1, 0.15) is 6.92 Å². The largest absolute Gasteiger partial charge is 0.478 e. The van der Waals surface area contributed by atoms with Crippen LogP contribution in [-0.4, -0.2) is 34.4 Å². The second-order valence-corrected chi connectivity index (χ2v) is 3.29. The average molecular weight is 196 g/mol. The maximum Gasteiger partial charge on any atom is 0.335 e. The molecule has 2 heterocycles. The molecule has 0 aromatic carbocycles. The molecule has 0 aromatic rings. The lowest BCUT2D eigenvalue weighted by molar-refractivity contribution is -0.135. The molecule has 0 saturated heterocycles. The van der Waals surface area contributed by atoms with Crippen molar-refractivity contribution >= 4 is 11.9 Å². The van der Waals surface area contributed by atoms with Crippen LogP contribution in [0.15, 0.2) is 22.8 Å². The lowest BCUT2D eigenvalue weighted by atomic mass is 9.92. The van der Waals surface area contributed by atoms with Crippen LogP contribution in [0.25, 0.3) is 0 Å². The van der Waals surface area contributed by atoms with Crippen molar-refractivity contribution < 1.29 is 24.5 Å². The summed E-state index contributed by atoms with van der Waals surface area (Å²) in [6.07, 6.45) is 0.271. The quantitative estimate of drug-likeness (QED) is 0.615. The topological polar surface area (TPSA) is 83.8 Å². The molecular formula is C9H8O5. The molecule has 2 aliphatic rings. The molecule has 2 atom stereocenters. The Kier molecular flexibility index (Phi) is 1.72. The number of carboxylic acid groups (broad SMARTS) is 2. The Morgan fingerprint density at radius 1 is 1.29 bits per heavy atom. The summed E-state index contributed by atoms with van der Waals surface area (Å²) in [6.45, 7) is 1.73. The van der Waals surface area contributed by atoms with Gasteiger partial charge in [-0.2, -0.15) is 0 Å². The van der Waals surface area contributed by atoms with Crippen molar-refractivity contribution in [2.24, 2.45) is 0 Å². The molecule has 5 heteroatoms. The Hall–Kier alpha value is -1.62. The van der Waals surface area contributed by atoms with Crippen LogP contribution in [0.3, 0.4) is 0 Å². The lowest BCUT2D eigenvalue weighted by Crippen LogP contribution is -2.20. The van der Waals surface area contributed by atoms with E-state index in [0.29, 0.717) is 0 Å². The number of rotatable bonds is 2. The SMILES string of the molecule is CC1=CC2OC1C(C(=O)O)=C2C(=O)O. The zero-order valence-electron chi connectivity index (χ0n) is 7.35. The first-order valence-electron chi connectivity index (χ1n) is 4.06. The van der Waals surface area contributed by atoms with E-state index < -0.39 is 24.1 Å². The maximum absolute atomic E-state index is 10.8. The molecule has 0 radical (unpaired) electrons. The Labute approximate surface area is 79.3 Å². The summed E-state index contributed by atoms with van der Waals surface area (Å²) in [7, 11) is 0. The van der Waals surface area contributed by atoms with Crippen molar-refractivity contribution in [2.45, 2.75) is 19.1 Å². The third-order valence-electron chi connectivity index (χ3n) is 2.41. The molecule has 2 unspecified atom stereocenters. The first kappa shape index (κ1) is 8.96. The van der Waals surface area contributed by atoms with Crippen LogP contribution in [0.2, 0.25) is 0 Å². The number of ether oxygens (including phenoxy) is 1. The molecule has 0 fully saturated rings.